The summed E-state index contributed by atoms with van der Waals surface area (Å²) < 4.78 is 5.65. The molecule has 0 radical (unpaired) electrons. The Morgan fingerprint density at radius 3 is 2.79 bits per heavy atom. The number of ether oxygens (including phenoxy) is 1. The van der Waals surface area contributed by atoms with Crippen molar-refractivity contribution in [2.45, 2.75) is 39.7 Å². The van der Waals surface area contributed by atoms with Crippen LogP contribution < -0.4 is 10.1 Å². The van der Waals surface area contributed by atoms with Crippen molar-refractivity contribution in [2.24, 2.45) is 5.92 Å². The van der Waals surface area contributed by atoms with Crippen LogP contribution in [0.5, 0.6) is 5.88 Å². The number of carbonyl (C=O) groups is 2. The molecule has 1 N–H and O–H groups in total. The number of nitrogens with one attached hydrogen (secondary N) is 1. The van der Waals surface area contributed by atoms with Gasteiger partial charge in [0.2, 0.25) is 11.8 Å². The third-order valence-electron chi connectivity index (χ3n) is 5.12. The Morgan fingerprint density at radius 1 is 1.24 bits per heavy atom. The topological polar surface area (TPSA) is 71.5 Å². The third kappa shape index (κ3) is 5.56. The summed E-state index contributed by atoms with van der Waals surface area (Å²) in [4.78, 5) is 31.6. The van der Waals surface area contributed by atoms with Crippen LogP contribution in [-0.4, -0.2) is 41.4 Å². The molecule has 1 fully saturated rings. The normalized spacial score (nSPS) is 16.3. The lowest BCUT2D eigenvalue weighted by Gasteiger charge is -2.32. The van der Waals surface area contributed by atoms with Crippen LogP contribution >= 0.6 is 0 Å². The molecule has 2 amide bonds. The van der Waals surface area contributed by atoms with E-state index in [-0.39, 0.29) is 17.7 Å². The maximum Gasteiger partial charge on any atom is 0.253 e. The number of hydrogen-bond donors (Lipinski definition) is 1. The third-order valence-corrected chi connectivity index (χ3v) is 5.12. The largest absolute Gasteiger partial charge is 0.477 e. The predicted molar refractivity (Wildman–Crippen MR) is 112 cm³/mol. The Hall–Kier alpha value is -2.89. The van der Waals surface area contributed by atoms with Gasteiger partial charge in [0, 0.05) is 37.0 Å². The van der Waals surface area contributed by atoms with Crippen LogP contribution in [0, 0.1) is 12.8 Å². The van der Waals surface area contributed by atoms with Gasteiger partial charge in [-0.05, 0) is 44.4 Å². The molecule has 1 aliphatic rings. The minimum atomic E-state index is -0.199. The summed E-state index contributed by atoms with van der Waals surface area (Å²) in [7, 11) is 0. The second kappa shape index (κ2) is 10.0. The Morgan fingerprint density at radius 2 is 2.03 bits per heavy atom. The molecule has 0 saturated carbocycles. The molecule has 3 rings (SSSR count). The molecular formula is C23H29N3O3. The molecule has 2 heterocycles. The Bertz CT molecular complexity index is 836. The molecule has 0 spiro atoms. The SMILES string of the molecule is CCCOc1ncccc1CNC(=O)C1CCCN(C(=O)c2ccc(C)cc2)C1. The van der Waals surface area contributed by atoms with Crippen LogP contribution in [0.4, 0.5) is 0 Å². The Balaban J connectivity index is 1.57. The van der Waals surface area contributed by atoms with Gasteiger partial charge < -0.3 is 15.0 Å². The summed E-state index contributed by atoms with van der Waals surface area (Å²) >= 11 is 0. The van der Waals surface area contributed by atoms with Gasteiger partial charge in [0.25, 0.3) is 5.91 Å². The van der Waals surface area contributed by atoms with E-state index in [0.29, 0.717) is 37.7 Å². The highest BCUT2D eigenvalue weighted by atomic mass is 16.5. The molecule has 29 heavy (non-hydrogen) atoms. The second-order valence-corrected chi connectivity index (χ2v) is 7.49. The van der Waals surface area contributed by atoms with E-state index in [0.717, 1.165) is 30.4 Å². The van der Waals surface area contributed by atoms with Crippen molar-refractivity contribution in [3.63, 3.8) is 0 Å². The first-order chi connectivity index (χ1) is 14.1. The second-order valence-electron chi connectivity index (χ2n) is 7.49. The standard InChI is InChI=1S/C23H29N3O3/c1-3-14-29-22-19(6-4-12-24-22)15-25-21(27)20-7-5-13-26(16-20)23(28)18-10-8-17(2)9-11-18/h4,6,8-12,20H,3,5,7,13-16H2,1-2H3,(H,25,27). The van der Waals surface area contributed by atoms with Crippen molar-refractivity contribution >= 4 is 11.8 Å². The molecule has 154 valence electrons. The average Bonchev–Trinajstić information content (AvgIpc) is 2.76. The van der Waals surface area contributed by atoms with Gasteiger partial charge in [0.05, 0.1) is 12.5 Å². The van der Waals surface area contributed by atoms with Gasteiger partial charge in [-0.1, -0.05) is 30.7 Å². The summed E-state index contributed by atoms with van der Waals surface area (Å²) in [6, 6.07) is 11.3. The fourth-order valence-electron chi connectivity index (χ4n) is 3.47. The first-order valence-corrected chi connectivity index (χ1v) is 10.3. The number of amides is 2. The molecule has 0 aliphatic carbocycles. The summed E-state index contributed by atoms with van der Waals surface area (Å²) in [5.74, 6) is 0.325. The number of carbonyl (C=O) groups excluding carboxylic acids is 2. The van der Waals surface area contributed by atoms with E-state index in [1.165, 1.54) is 0 Å². The van der Waals surface area contributed by atoms with Crippen molar-refractivity contribution in [1.29, 1.82) is 0 Å². The number of nitrogens with zero attached hydrogens (tertiary/aromatic N) is 2. The van der Waals surface area contributed by atoms with Gasteiger partial charge in [-0.2, -0.15) is 0 Å². The minimum absolute atomic E-state index is 0.00925. The van der Waals surface area contributed by atoms with Gasteiger partial charge in [-0.25, -0.2) is 4.98 Å². The zero-order valence-corrected chi connectivity index (χ0v) is 17.2. The van der Waals surface area contributed by atoms with E-state index >= 15 is 0 Å². The summed E-state index contributed by atoms with van der Waals surface area (Å²) in [5.41, 5.74) is 2.65. The molecule has 0 bridgehead atoms. The molecule has 2 aromatic rings. The maximum absolute atomic E-state index is 12.8. The van der Waals surface area contributed by atoms with Gasteiger partial charge in [0.15, 0.2) is 0 Å². The zero-order chi connectivity index (χ0) is 20.6. The fraction of sp³-hybridized carbons (Fsp3) is 0.435. The first-order valence-electron chi connectivity index (χ1n) is 10.3. The highest BCUT2D eigenvalue weighted by Crippen LogP contribution is 2.20. The summed E-state index contributed by atoms with van der Waals surface area (Å²) in [6.45, 7) is 6.14. The van der Waals surface area contributed by atoms with Crippen molar-refractivity contribution in [2.75, 3.05) is 19.7 Å². The van der Waals surface area contributed by atoms with E-state index < -0.39 is 0 Å². The Kier molecular flexibility index (Phi) is 7.22. The average molecular weight is 396 g/mol. The molecule has 1 aromatic heterocycles. The van der Waals surface area contributed by atoms with Crippen LogP contribution in [0.25, 0.3) is 0 Å². The highest BCUT2D eigenvalue weighted by molar-refractivity contribution is 5.94. The number of hydrogen-bond acceptors (Lipinski definition) is 4. The van der Waals surface area contributed by atoms with E-state index in [2.05, 4.69) is 10.3 Å². The molecule has 6 nitrogen and oxygen atoms in total. The van der Waals surface area contributed by atoms with Crippen LogP contribution in [-0.2, 0) is 11.3 Å². The van der Waals surface area contributed by atoms with Gasteiger partial charge in [-0.15, -0.1) is 0 Å². The predicted octanol–water partition coefficient (Wildman–Crippen LogP) is 3.35. The zero-order valence-electron chi connectivity index (χ0n) is 17.2. The summed E-state index contributed by atoms with van der Waals surface area (Å²) in [6.07, 6.45) is 4.20. The van der Waals surface area contributed by atoms with E-state index in [1.807, 2.05) is 50.2 Å². The lowest BCUT2D eigenvalue weighted by Crippen LogP contribution is -2.45. The van der Waals surface area contributed by atoms with E-state index in [9.17, 15) is 9.59 Å². The molecule has 1 aliphatic heterocycles. The lowest BCUT2D eigenvalue weighted by molar-refractivity contribution is -0.126. The first kappa shape index (κ1) is 20.8. The number of likely N-dealkylation sites (tertiary alicyclic amines) is 1. The molecular weight excluding hydrogens is 366 g/mol. The maximum atomic E-state index is 12.8. The molecule has 1 unspecified atom stereocenters. The number of rotatable bonds is 7. The van der Waals surface area contributed by atoms with Crippen molar-refractivity contribution in [3.8, 4) is 5.88 Å². The molecule has 1 atom stereocenters. The van der Waals surface area contributed by atoms with Crippen LogP contribution in [0.3, 0.4) is 0 Å². The fourth-order valence-corrected chi connectivity index (χ4v) is 3.47. The molecule has 1 aromatic carbocycles. The van der Waals surface area contributed by atoms with Crippen molar-refractivity contribution in [3.05, 3.63) is 59.3 Å². The van der Waals surface area contributed by atoms with Crippen molar-refractivity contribution < 1.29 is 14.3 Å². The van der Waals surface area contributed by atoms with Crippen molar-refractivity contribution in [1.82, 2.24) is 15.2 Å². The number of piperidine rings is 1. The van der Waals surface area contributed by atoms with E-state index in [4.69, 9.17) is 4.74 Å². The molecule has 1 saturated heterocycles. The van der Waals surface area contributed by atoms with Gasteiger partial charge in [-0.3, -0.25) is 9.59 Å². The number of benzene rings is 1. The summed E-state index contributed by atoms with van der Waals surface area (Å²) in [5, 5.41) is 3.00. The number of aryl methyl sites for hydroxylation is 1. The quantitative estimate of drug-likeness (QED) is 0.780. The number of aromatic nitrogens is 1. The van der Waals surface area contributed by atoms with Gasteiger partial charge in [0.1, 0.15) is 0 Å². The Labute approximate surface area is 172 Å². The monoisotopic (exact) mass is 395 g/mol. The minimum Gasteiger partial charge on any atom is -0.477 e. The highest BCUT2D eigenvalue weighted by Gasteiger charge is 2.29. The molecule has 6 heteroatoms. The van der Waals surface area contributed by atoms with Crippen LogP contribution in [0.1, 0.15) is 47.7 Å². The van der Waals surface area contributed by atoms with Crippen LogP contribution in [0.15, 0.2) is 42.6 Å². The van der Waals surface area contributed by atoms with E-state index in [1.54, 1.807) is 11.1 Å². The number of pyridine rings is 1. The lowest BCUT2D eigenvalue weighted by atomic mass is 9.96. The van der Waals surface area contributed by atoms with Crippen LogP contribution in [0.2, 0.25) is 0 Å². The smallest absolute Gasteiger partial charge is 0.253 e. The van der Waals surface area contributed by atoms with Gasteiger partial charge >= 0.3 is 0 Å².